The van der Waals surface area contributed by atoms with E-state index in [1.807, 2.05) is 6.92 Å². The minimum absolute atomic E-state index is 0. The number of halogens is 4. The van der Waals surface area contributed by atoms with Crippen LogP contribution in [0.2, 0.25) is 5.15 Å². The Bertz CT molecular complexity index is 749. The third kappa shape index (κ3) is 3.02. The summed E-state index contributed by atoms with van der Waals surface area (Å²) in [5.41, 5.74) is -0.669. The summed E-state index contributed by atoms with van der Waals surface area (Å²) in [4.78, 5) is 17.4. The maximum atomic E-state index is 12.7. The Kier molecular flexibility index (Phi) is 4.63. The minimum atomic E-state index is -4.58. The summed E-state index contributed by atoms with van der Waals surface area (Å²) in [5.74, 6) is -0.291. The molecule has 1 aliphatic rings. The quantitative estimate of drug-likeness (QED) is 0.730. The van der Waals surface area contributed by atoms with Crippen LogP contribution in [-0.4, -0.2) is 27.2 Å². The van der Waals surface area contributed by atoms with Crippen molar-refractivity contribution in [3.63, 3.8) is 0 Å². The first-order valence-electron chi connectivity index (χ1n) is 6.38. The van der Waals surface area contributed by atoms with Gasteiger partial charge in [0.15, 0.2) is 0 Å². The first-order valence-corrected chi connectivity index (χ1v) is 6.76. The second kappa shape index (κ2) is 6.04. The van der Waals surface area contributed by atoms with Gasteiger partial charge in [-0.25, -0.2) is 4.98 Å². The molecule has 23 heavy (non-hydrogen) atoms. The largest absolute Gasteiger partial charge is 0.419 e. The fourth-order valence-electron chi connectivity index (χ4n) is 2.38. The highest BCUT2D eigenvalue weighted by atomic mass is 35.5. The third-order valence-electron chi connectivity index (χ3n) is 3.41. The van der Waals surface area contributed by atoms with Crippen molar-refractivity contribution in [3.8, 4) is 0 Å². The molecular weight excluding hydrogens is 353 g/mol. The van der Waals surface area contributed by atoms with Gasteiger partial charge in [0, 0.05) is 12.7 Å². The molecule has 2 aromatic heterocycles. The van der Waals surface area contributed by atoms with Crippen LogP contribution < -0.4 is 4.90 Å². The van der Waals surface area contributed by atoms with Crippen LogP contribution in [0.1, 0.15) is 29.0 Å². The monoisotopic (exact) mass is 364 g/mol. The Balaban J connectivity index is 0.00000192. The number of hydrogen-bond donors (Lipinski definition) is 0. The van der Waals surface area contributed by atoms with Crippen LogP contribution in [-0.2, 0) is 6.18 Å². The number of aromatic nitrogens is 3. The number of anilines is 1. The predicted molar refractivity (Wildman–Crippen MR) is 83.2 cm³/mol. The molecule has 3 heterocycles. The van der Waals surface area contributed by atoms with Crippen molar-refractivity contribution in [2.75, 3.05) is 11.4 Å². The van der Waals surface area contributed by atoms with Gasteiger partial charge < -0.3 is 0 Å². The zero-order chi connectivity index (χ0) is 16.1. The Morgan fingerprint density at radius 3 is 2.61 bits per heavy atom. The molecule has 0 N–H and O–H groups in total. The van der Waals surface area contributed by atoms with Crippen molar-refractivity contribution in [2.24, 2.45) is 0 Å². The highest BCUT2D eigenvalue weighted by Crippen LogP contribution is 2.35. The number of amides is 1. The molecule has 0 unspecified atom stereocenters. The van der Waals surface area contributed by atoms with Crippen molar-refractivity contribution >= 4 is 36.8 Å². The molecule has 0 saturated heterocycles. The van der Waals surface area contributed by atoms with E-state index in [2.05, 4.69) is 10.1 Å². The van der Waals surface area contributed by atoms with Crippen molar-refractivity contribution in [2.45, 2.75) is 19.1 Å². The standard InChI is InChI=1S/C13H10ClF3N4O.H2S/c1-7-6-20(12(22)9-4-5-18-21(7)9)10-3-2-8(11(14)19-10)13(15,16)17;/h2-5,7H,6H2,1H3;1H2/t7-;/m0./s1. The van der Waals surface area contributed by atoms with E-state index in [0.29, 0.717) is 5.69 Å². The molecule has 0 aromatic carbocycles. The average Bonchev–Trinajstić information content (AvgIpc) is 2.91. The molecule has 0 saturated carbocycles. The maximum absolute atomic E-state index is 12.7. The summed E-state index contributed by atoms with van der Waals surface area (Å²) in [6.45, 7) is 2.10. The fraction of sp³-hybridized carbons (Fsp3) is 0.308. The molecule has 0 fully saturated rings. The summed E-state index contributed by atoms with van der Waals surface area (Å²) >= 11 is 5.61. The van der Waals surface area contributed by atoms with Gasteiger partial charge in [0.2, 0.25) is 0 Å². The predicted octanol–water partition coefficient (Wildman–Crippen LogP) is 3.28. The summed E-state index contributed by atoms with van der Waals surface area (Å²) in [5, 5.41) is 3.38. The van der Waals surface area contributed by atoms with Crippen LogP contribution in [0.15, 0.2) is 24.4 Å². The molecular formula is C13H12ClF3N4OS. The van der Waals surface area contributed by atoms with Gasteiger partial charge in [-0.2, -0.15) is 31.8 Å². The van der Waals surface area contributed by atoms with Crippen LogP contribution in [0.5, 0.6) is 0 Å². The number of alkyl halides is 3. The Hall–Kier alpha value is -1.74. The van der Waals surface area contributed by atoms with Gasteiger partial charge >= 0.3 is 6.18 Å². The van der Waals surface area contributed by atoms with E-state index in [0.717, 1.165) is 12.1 Å². The number of rotatable bonds is 1. The second-order valence-electron chi connectivity index (χ2n) is 4.93. The fourth-order valence-corrected chi connectivity index (χ4v) is 2.64. The van der Waals surface area contributed by atoms with Crippen LogP contribution >= 0.6 is 25.1 Å². The van der Waals surface area contributed by atoms with E-state index in [-0.39, 0.29) is 37.8 Å². The smallest absolute Gasteiger partial charge is 0.289 e. The van der Waals surface area contributed by atoms with Crippen LogP contribution in [0, 0.1) is 0 Å². The molecule has 0 aliphatic carbocycles. The average molecular weight is 365 g/mol. The van der Waals surface area contributed by atoms with Crippen LogP contribution in [0.4, 0.5) is 19.0 Å². The van der Waals surface area contributed by atoms with Crippen molar-refractivity contribution in [1.82, 2.24) is 14.8 Å². The first kappa shape index (κ1) is 17.6. The maximum Gasteiger partial charge on any atom is 0.419 e. The Morgan fingerprint density at radius 2 is 2.00 bits per heavy atom. The van der Waals surface area contributed by atoms with Gasteiger partial charge in [-0.3, -0.25) is 14.4 Å². The molecule has 3 rings (SSSR count). The van der Waals surface area contributed by atoms with Crippen molar-refractivity contribution < 1.29 is 18.0 Å². The van der Waals surface area contributed by atoms with Gasteiger partial charge in [0.05, 0.1) is 11.6 Å². The van der Waals surface area contributed by atoms with E-state index in [1.54, 1.807) is 10.7 Å². The molecule has 10 heteroatoms. The minimum Gasteiger partial charge on any atom is -0.289 e. The number of pyridine rings is 1. The number of carbonyl (C=O) groups excluding carboxylic acids is 1. The van der Waals surface area contributed by atoms with Gasteiger partial charge in [-0.1, -0.05) is 11.6 Å². The lowest BCUT2D eigenvalue weighted by atomic mass is 10.2. The molecule has 1 amide bonds. The van der Waals surface area contributed by atoms with E-state index < -0.39 is 16.9 Å². The Morgan fingerprint density at radius 1 is 1.30 bits per heavy atom. The number of hydrogen-bond acceptors (Lipinski definition) is 3. The molecule has 1 aliphatic heterocycles. The van der Waals surface area contributed by atoms with Crippen LogP contribution in [0.25, 0.3) is 0 Å². The van der Waals surface area contributed by atoms with E-state index >= 15 is 0 Å². The summed E-state index contributed by atoms with van der Waals surface area (Å²) < 4.78 is 39.7. The third-order valence-corrected chi connectivity index (χ3v) is 3.70. The van der Waals surface area contributed by atoms with Crippen LogP contribution in [0.3, 0.4) is 0 Å². The van der Waals surface area contributed by atoms with Crippen molar-refractivity contribution in [1.29, 1.82) is 0 Å². The normalized spacial score (nSPS) is 17.7. The van der Waals surface area contributed by atoms with E-state index in [4.69, 9.17) is 11.6 Å². The zero-order valence-corrected chi connectivity index (χ0v) is 13.6. The lowest BCUT2D eigenvalue weighted by Crippen LogP contribution is -2.43. The van der Waals surface area contributed by atoms with Gasteiger partial charge in [0.25, 0.3) is 5.91 Å². The molecule has 5 nitrogen and oxygen atoms in total. The van der Waals surface area contributed by atoms with E-state index in [9.17, 15) is 18.0 Å². The lowest BCUT2D eigenvalue weighted by molar-refractivity contribution is -0.137. The van der Waals surface area contributed by atoms with Gasteiger partial charge in [-0.05, 0) is 25.1 Å². The van der Waals surface area contributed by atoms with Gasteiger partial charge in [-0.15, -0.1) is 0 Å². The molecule has 0 radical (unpaired) electrons. The van der Waals surface area contributed by atoms with Gasteiger partial charge in [0.1, 0.15) is 16.7 Å². The number of carbonyl (C=O) groups is 1. The van der Waals surface area contributed by atoms with E-state index in [1.165, 1.54) is 11.1 Å². The zero-order valence-electron chi connectivity index (χ0n) is 11.8. The molecule has 2 aromatic rings. The Labute approximate surface area is 141 Å². The summed E-state index contributed by atoms with van der Waals surface area (Å²) in [7, 11) is 0. The SMILES string of the molecule is C[C@H]1CN(c2ccc(C(F)(F)F)c(Cl)n2)C(=O)c2ccnn21.S. The molecule has 124 valence electrons. The topological polar surface area (TPSA) is 51.0 Å². The number of nitrogens with zero attached hydrogens (tertiary/aromatic N) is 4. The first-order chi connectivity index (χ1) is 10.3. The molecule has 0 spiro atoms. The highest BCUT2D eigenvalue weighted by molar-refractivity contribution is 7.59. The highest BCUT2D eigenvalue weighted by Gasteiger charge is 2.36. The lowest BCUT2D eigenvalue weighted by Gasteiger charge is -2.31. The number of fused-ring (bicyclic) bond motifs is 1. The summed E-state index contributed by atoms with van der Waals surface area (Å²) in [6, 6.07) is 3.40. The van der Waals surface area contributed by atoms with Crippen molar-refractivity contribution in [3.05, 3.63) is 40.8 Å². The second-order valence-corrected chi connectivity index (χ2v) is 5.29. The summed E-state index contributed by atoms with van der Waals surface area (Å²) in [6.07, 6.45) is -3.08. The molecule has 0 bridgehead atoms. The molecule has 1 atom stereocenters.